The van der Waals surface area contributed by atoms with E-state index in [-0.39, 0.29) is 24.3 Å². The number of carbonyl (C=O) groups is 3. The molecule has 0 saturated carbocycles. The number of amides is 2. The van der Waals surface area contributed by atoms with Gasteiger partial charge in [-0.25, -0.2) is 0 Å². The number of nitrogens with one attached hydrogen (secondary N) is 1. The van der Waals surface area contributed by atoms with E-state index < -0.39 is 42.3 Å². The van der Waals surface area contributed by atoms with Gasteiger partial charge in [0.05, 0.1) is 6.61 Å². The molecule has 0 fully saturated rings. The summed E-state index contributed by atoms with van der Waals surface area (Å²) in [6, 6.07) is 20.7. The molecular weight excluding hydrogens is 480 g/mol. The lowest BCUT2D eigenvalue weighted by atomic mass is 9.97. The monoisotopic (exact) mass is 509 g/mol. The Bertz CT molecular complexity index is 1180. The van der Waals surface area contributed by atoms with Crippen LogP contribution < -0.4 is 11.1 Å². The quantitative estimate of drug-likeness (QED) is 0.383. The highest BCUT2D eigenvalue weighted by atomic mass is 19.3. The lowest BCUT2D eigenvalue weighted by molar-refractivity contribution is -0.166. The number of alkyl halides is 2. The molecule has 0 unspecified atom stereocenters. The smallest absolute Gasteiger partial charge is 0.343 e. The van der Waals surface area contributed by atoms with E-state index in [4.69, 9.17) is 10.5 Å². The standard InChI is InChI=1S/C28H29F2N3O4/c1-2-37-23(34)18-32-26(35)24(21-14-8-4-9-15-21)33(19-20-12-6-3-7-13-20)27(36)28(29,30)25(31)22-16-10-5-11-17-22/h3-17,24-25H,2,18-19,31H2,1H3,(H,32,35)/t24-,25-/m0/s1. The highest BCUT2D eigenvalue weighted by Crippen LogP contribution is 2.35. The summed E-state index contributed by atoms with van der Waals surface area (Å²) in [5.41, 5.74) is 6.78. The lowest BCUT2D eigenvalue weighted by Crippen LogP contribution is -2.53. The van der Waals surface area contributed by atoms with Gasteiger partial charge in [0.15, 0.2) is 0 Å². The number of esters is 1. The number of ether oxygens (including phenoxy) is 1. The predicted molar refractivity (Wildman–Crippen MR) is 134 cm³/mol. The number of nitrogens with zero attached hydrogens (tertiary/aromatic N) is 1. The van der Waals surface area contributed by atoms with E-state index in [2.05, 4.69) is 5.32 Å². The summed E-state index contributed by atoms with van der Waals surface area (Å²) in [6.45, 7) is 0.941. The molecule has 0 heterocycles. The molecule has 0 aliphatic heterocycles. The van der Waals surface area contributed by atoms with Gasteiger partial charge in [-0.3, -0.25) is 14.4 Å². The Morgan fingerprint density at radius 2 is 1.41 bits per heavy atom. The summed E-state index contributed by atoms with van der Waals surface area (Å²) in [7, 11) is 0. The molecule has 0 radical (unpaired) electrons. The number of carbonyl (C=O) groups excluding carboxylic acids is 3. The summed E-state index contributed by atoms with van der Waals surface area (Å²) < 4.78 is 36.2. The Labute approximate surface area is 214 Å². The normalized spacial score (nSPS) is 12.8. The van der Waals surface area contributed by atoms with Crippen LogP contribution in [0.25, 0.3) is 0 Å². The number of nitrogens with two attached hydrogens (primary N) is 1. The molecule has 37 heavy (non-hydrogen) atoms. The third-order valence-electron chi connectivity index (χ3n) is 5.68. The Morgan fingerprint density at radius 3 is 1.95 bits per heavy atom. The number of halogens is 2. The molecule has 2 atom stereocenters. The van der Waals surface area contributed by atoms with Crippen molar-refractivity contribution in [1.29, 1.82) is 0 Å². The van der Waals surface area contributed by atoms with Gasteiger partial charge in [-0.2, -0.15) is 8.78 Å². The summed E-state index contributed by atoms with van der Waals surface area (Å²) in [5, 5.41) is 2.42. The molecule has 2 amide bonds. The zero-order chi connectivity index (χ0) is 26.8. The van der Waals surface area contributed by atoms with Crippen molar-refractivity contribution in [3.63, 3.8) is 0 Å². The van der Waals surface area contributed by atoms with Crippen LogP contribution in [0.3, 0.4) is 0 Å². The van der Waals surface area contributed by atoms with Crippen LogP contribution in [0.2, 0.25) is 0 Å². The second kappa shape index (κ2) is 12.7. The zero-order valence-corrected chi connectivity index (χ0v) is 20.3. The Balaban J connectivity index is 2.04. The molecule has 7 nitrogen and oxygen atoms in total. The van der Waals surface area contributed by atoms with E-state index in [1.54, 1.807) is 85.8 Å². The van der Waals surface area contributed by atoms with Gasteiger partial charge in [0, 0.05) is 6.54 Å². The summed E-state index contributed by atoms with van der Waals surface area (Å²) in [4.78, 5) is 39.6. The number of hydrogen-bond acceptors (Lipinski definition) is 5. The third kappa shape index (κ3) is 6.98. The molecule has 0 bridgehead atoms. The van der Waals surface area contributed by atoms with Crippen molar-refractivity contribution in [1.82, 2.24) is 10.2 Å². The van der Waals surface area contributed by atoms with Gasteiger partial charge in [-0.15, -0.1) is 0 Å². The molecule has 0 aliphatic carbocycles. The van der Waals surface area contributed by atoms with Crippen molar-refractivity contribution in [2.24, 2.45) is 5.73 Å². The Hall–Kier alpha value is -4.11. The van der Waals surface area contributed by atoms with Crippen molar-refractivity contribution in [3.8, 4) is 0 Å². The van der Waals surface area contributed by atoms with Crippen LogP contribution in [-0.2, 0) is 25.7 Å². The second-order valence-corrected chi connectivity index (χ2v) is 8.27. The zero-order valence-electron chi connectivity index (χ0n) is 20.3. The van der Waals surface area contributed by atoms with Gasteiger partial charge < -0.3 is 20.7 Å². The van der Waals surface area contributed by atoms with Gasteiger partial charge >= 0.3 is 11.9 Å². The Kier molecular flexibility index (Phi) is 9.45. The summed E-state index contributed by atoms with van der Waals surface area (Å²) in [6.07, 6.45) is 0. The van der Waals surface area contributed by atoms with Gasteiger partial charge in [-0.05, 0) is 23.6 Å². The average molecular weight is 510 g/mol. The van der Waals surface area contributed by atoms with Gasteiger partial charge in [0.1, 0.15) is 18.6 Å². The molecule has 194 valence electrons. The molecule has 0 aromatic heterocycles. The SMILES string of the molecule is CCOC(=O)CNC(=O)[C@H](c1ccccc1)N(Cc1ccccc1)C(=O)C(F)(F)[C@@H](N)c1ccccc1. The fraction of sp³-hybridized carbons (Fsp3) is 0.250. The van der Waals surface area contributed by atoms with Crippen LogP contribution in [-0.4, -0.2) is 41.8 Å². The summed E-state index contributed by atoms with van der Waals surface area (Å²) >= 11 is 0. The molecule has 0 spiro atoms. The van der Waals surface area contributed by atoms with Crippen LogP contribution in [0.5, 0.6) is 0 Å². The minimum Gasteiger partial charge on any atom is -0.465 e. The fourth-order valence-electron chi connectivity index (χ4n) is 3.83. The van der Waals surface area contributed by atoms with E-state index in [0.29, 0.717) is 5.56 Å². The van der Waals surface area contributed by atoms with Crippen molar-refractivity contribution in [2.45, 2.75) is 31.5 Å². The molecule has 9 heteroatoms. The van der Waals surface area contributed by atoms with E-state index in [1.807, 2.05) is 0 Å². The van der Waals surface area contributed by atoms with Crippen molar-refractivity contribution in [3.05, 3.63) is 108 Å². The van der Waals surface area contributed by atoms with Gasteiger partial charge in [0.25, 0.3) is 5.91 Å². The molecule has 0 aliphatic rings. The first kappa shape index (κ1) is 27.5. The minimum atomic E-state index is -4.05. The van der Waals surface area contributed by atoms with Crippen molar-refractivity contribution in [2.75, 3.05) is 13.2 Å². The van der Waals surface area contributed by atoms with Gasteiger partial charge in [-0.1, -0.05) is 91.0 Å². The molecular formula is C28H29F2N3O4. The average Bonchev–Trinajstić information content (AvgIpc) is 2.92. The first-order valence-electron chi connectivity index (χ1n) is 11.8. The largest absolute Gasteiger partial charge is 0.465 e. The summed E-state index contributed by atoms with van der Waals surface area (Å²) in [5.74, 6) is -7.18. The molecule has 3 rings (SSSR count). The van der Waals surface area contributed by atoms with Crippen LogP contribution >= 0.6 is 0 Å². The van der Waals surface area contributed by atoms with Crippen LogP contribution in [0, 0.1) is 0 Å². The van der Waals surface area contributed by atoms with E-state index in [1.165, 1.54) is 12.1 Å². The van der Waals surface area contributed by atoms with E-state index >= 15 is 8.78 Å². The maximum absolute atomic E-state index is 15.7. The fourth-order valence-corrected chi connectivity index (χ4v) is 3.83. The first-order chi connectivity index (χ1) is 17.8. The van der Waals surface area contributed by atoms with Crippen molar-refractivity contribution < 1.29 is 27.9 Å². The highest BCUT2D eigenvalue weighted by molar-refractivity contribution is 5.93. The van der Waals surface area contributed by atoms with Crippen LogP contribution in [0.1, 0.15) is 35.7 Å². The maximum atomic E-state index is 15.7. The van der Waals surface area contributed by atoms with Gasteiger partial charge in [0.2, 0.25) is 5.91 Å². The molecule has 3 aromatic carbocycles. The third-order valence-corrected chi connectivity index (χ3v) is 5.68. The molecule has 0 saturated heterocycles. The van der Waals surface area contributed by atoms with Crippen LogP contribution in [0.4, 0.5) is 8.78 Å². The minimum absolute atomic E-state index is 0.0727. The topological polar surface area (TPSA) is 102 Å². The molecule has 3 aromatic rings. The number of rotatable bonds is 11. The first-order valence-corrected chi connectivity index (χ1v) is 11.8. The van der Waals surface area contributed by atoms with E-state index in [0.717, 1.165) is 4.90 Å². The number of benzene rings is 3. The highest BCUT2D eigenvalue weighted by Gasteiger charge is 2.51. The molecule has 3 N–H and O–H groups in total. The predicted octanol–water partition coefficient (Wildman–Crippen LogP) is 3.77. The second-order valence-electron chi connectivity index (χ2n) is 8.27. The Morgan fingerprint density at radius 1 is 0.892 bits per heavy atom. The van der Waals surface area contributed by atoms with E-state index in [9.17, 15) is 14.4 Å². The maximum Gasteiger partial charge on any atom is 0.343 e. The van der Waals surface area contributed by atoms with Crippen LogP contribution in [0.15, 0.2) is 91.0 Å². The lowest BCUT2D eigenvalue weighted by Gasteiger charge is -2.35. The van der Waals surface area contributed by atoms with Crippen molar-refractivity contribution >= 4 is 17.8 Å². The number of hydrogen-bond donors (Lipinski definition) is 2.